The molecule has 0 radical (unpaired) electrons. The van der Waals surface area contributed by atoms with Gasteiger partial charge in [0.05, 0.1) is 19.8 Å². The maximum Gasteiger partial charge on any atom is 0.178 e. The minimum atomic E-state index is -0.774. The fourth-order valence-electron chi connectivity index (χ4n) is 0.608. The van der Waals surface area contributed by atoms with Gasteiger partial charge in [-0.1, -0.05) is 6.58 Å². The highest BCUT2D eigenvalue weighted by molar-refractivity contribution is 4.95. The largest absolute Gasteiger partial charge is 0.372 e. The Morgan fingerprint density at radius 2 is 2.33 bits per heavy atom. The summed E-state index contributed by atoms with van der Waals surface area (Å²) in [6.45, 7) is 4.80. The Morgan fingerprint density at radius 3 is 3.11 bits per heavy atom. The van der Waals surface area contributed by atoms with Crippen molar-refractivity contribution in [3.8, 4) is 0 Å². The van der Waals surface area contributed by atoms with Gasteiger partial charge in [0.25, 0.3) is 0 Å². The first kappa shape index (κ1) is 6.74. The van der Waals surface area contributed by atoms with Crippen molar-refractivity contribution < 1.29 is 14.6 Å². The second kappa shape index (κ2) is 2.96. The fourth-order valence-corrected chi connectivity index (χ4v) is 0.608. The van der Waals surface area contributed by atoms with E-state index in [2.05, 4.69) is 6.58 Å². The van der Waals surface area contributed by atoms with E-state index in [9.17, 15) is 0 Å². The van der Waals surface area contributed by atoms with E-state index in [0.717, 1.165) is 5.57 Å². The summed E-state index contributed by atoms with van der Waals surface area (Å²) in [6, 6.07) is 0. The number of aliphatic hydroxyl groups excluding tert-OH is 1. The molecule has 1 N–H and O–H groups in total. The van der Waals surface area contributed by atoms with Crippen LogP contribution in [0.25, 0.3) is 0 Å². The van der Waals surface area contributed by atoms with Crippen LogP contribution >= 0.6 is 0 Å². The van der Waals surface area contributed by atoms with Gasteiger partial charge in [-0.15, -0.1) is 0 Å². The Morgan fingerprint density at radius 1 is 1.56 bits per heavy atom. The van der Waals surface area contributed by atoms with Gasteiger partial charge in [0, 0.05) is 0 Å². The van der Waals surface area contributed by atoms with Crippen LogP contribution in [0.5, 0.6) is 0 Å². The molecule has 1 aliphatic rings. The molecule has 52 valence electrons. The molecule has 9 heavy (non-hydrogen) atoms. The zero-order valence-corrected chi connectivity index (χ0v) is 5.17. The molecule has 1 heterocycles. The van der Waals surface area contributed by atoms with E-state index in [1.165, 1.54) is 0 Å². The first-order valence-electron chi connectivity index (χ1n) is 2.83. The summed E-state index contributed by atoms with van der Waals surface area (Å²) in [5, 5.41) is 8.82. The van der Waals surface area contributed by atoms with Gasteiger partial charge in [-0.2, -0.15) is 0 Å². The Bertz CT molecular complexity index is 111. The van der Waals surface area contributed by atoms with Crippen molar-refractivity contribution in [1.82, 2.24) is 0 Å². The predicted octanol–water partition coefficient (Wildman–Crippen LogP) is -0.0922. The highest BCUT2D eigenvalue weighted by Crippen LogP contribution is 2.01. The lowest BCUT2D eigenvalue weighted by molar-refractivity contribution is -0.113. The first-order chi connectivity index (χ1) is 4.29. The van der Waals surface area contributed by atoms with E-state index in [4.69, 9.17) is 14.6 Å². The molecule has 0 aromatic heterocycles. The van der Waals surface area contributed by atoms with Gasteiger partial charge in [0.1, 0.15) is 0 Å². The van der Waals surface area contributed by atoms with Crippen LogP contribution in [0.2, 0.25) is 0 Å². The Balaban J connectivity index is 2.34. The van der Waals surface area contributed by atoms with Crippen LogP contribution in [0.1, 0.15) is 0 Å². The highest BCUT2D eigenvalue weighted by atomic mass is 16.6. The van der Waals surface area contributed by atoms with E-state index in [1.54, 1.807) is 0 Å². The van der Waals surface area contributed by atoms with Crippen LogP contribution < -0.4 is 0 Å². The first-order valence-corrected chi connectivity index (χ1v) is 2.83. The fraction of sp³-hybridized carbons (Fsp3) is 0.667. The highest BCUT2D eigenvalue weighted by Gasteiger charge is 2.09. The second-order valence-corrected chi connectivity index (χ2v) is 2.03. The Kier molecular flexibility index (Phi) is 2.22. The van der Waals surface area contributed by atoms with Crippen LogP contribution in [0.15, 0.2) is 12.2 Å². The molecule has 1 saturated heterocycles. The van der Waals surface area contributed by atoms with Gasteiger partial charge in [0.15, 0.2) is 6.29 Å². The van der Waals surface area contributed by atoms with Crippen LogP contribution in [-0.4, -0.2) is 31.2 Å². The van der Waals surface area contributed by atoms with Gasteiger partial charge in [-0.25, -0.2) is 0 Å². The third-order valence-corrected chi connectivity index (χ3v) is 1.05. The molecule has 0 spiro atoms. The topological polar surface area (TPSA) is 38.7 Å². The SMILES string of the molecule is C=C1COCC(O)OC1. The van der Waals surface area contributed by atoms with Crippen LogP contribution in [0.3, 0.4) is 0 Å². The lowest BCUT2D eigenvalue weighted by Gasteiger charge is -2.04. The molecule has 3 heteroatoms. The van der Waals surface area contributed by atoms with Crippen molar-refractivity contribution in [2.24, 2.45) is 0 Å². The van der Waals surface area contributed by atoms with Crippen molar-refractivity contribution in [3.05, 3.63) is 12.2 Å². The van der Waals surface area contributed by atoms with E-state index in [1.807, 2.05) is 0 Å². The van der Waals surface area contributed by atoms with Crippen LogP contribution in [-0.2, 0) is 9.47 Å². The molecule has 0 saturated carbocycles. The minimum Gasteiger partial charge on any atom is -0.372 e. The predicted molar refractivity (Wildman–Crippen MR) is 31.9 cm³/mol. The summed E-state index contributed by atoms with van der Waals surface area (Å²) in [6.07, 6.45) is -0.774. The van der Waals surface area contributed by atoms with E-state index in [-0.39, 0.29) is 6.61 Å². The number of rotatable bonds is 0. The molecule has 1 rings (SSSR count). The average molecular weight is 130 g/mol. The quantitative estimate of drug-likeness (QED) is 0.466. The molecule has 0 bridgehead atoms. The summed E-state index contributed by atoms with van der Waals surface area (Å²) in [5.74, 6) is 0. The summed E-state index contributed by atoms with van der Waals surface area (Å²) in [7, 11) is 0. The van der Waals surface area contributed by atoms with E-state index >= 15 is 0 Å². The minimum absolute atomic E-state index is 0.249. The third-order valence-electron chi connectivity index (χ3n) is 1.05. The van der Waals surface area contributed by atoms with Crippen molar-refractivity contribution in [3.63, 3.8) is 0 Å². The Labute approximate surface area is 53.9 Å². The summed E-state index contributed by atoms with van der Waals surface area (Å²) >= 11 is 0. The molecule has 1 aliphatic heterocycles. The zero-order valence-electron chi connectivity index (χ0n) is 5.17. The van der Waals surface area contributed by atoms with Gasteiger partial charge >= 0.3 is 0 Å². The zero-order chi connectivity index (χ0) is 6.69. The molecule has 1 fully saturated rings. The van der Waals surface area contributed by atoms with Gasteiger partial charge < -0.3 is 14.6 Å². The smallest absolute Gasteiger partial charge is 0.178 e. The number of hydrogen-bond acceptors (Lipinski definition) is 3. The van der Waals surface area contributed by atoms with Gasteiger partial charge in [-0.05, 0) is 5.57 Å². The van der Waals surface area contributed by atoms with Crippen molar-refractivity contribution in [1.29, 1.82) is 0 Å². The lowest BCUT2D eigenvalue weighted by atomic mass is 10.4. The molecule has 0 aliphatic carbocycles. The molecular weight excluding hydrogens is 120 g/mol. The maximum absolute atomic E-state index is 8.82. The normalized spacial score (nSPS) is 29.9. The van der Waals surface area contributed by atoms with Crippen molar-refractivity contribution >= 4 is 0 Å². The van der Waals surface area contributed by atoms with E-state index < -0.39 is 6.29 Å². The lowest BCUT2D eigenvalue weighted by Crippen LogP contribution is -2.15. The average Bonchev–Trinajstić information content (AvgIpc) is 1.97. The van der Waals surface area contributed by atoms with Crippen molar-refractivity contribution in [2.75, 3.05) is 19.8 Å². The van der Waals surface area contributed by atoms with Gasteiger partial charge in [-0.3, -0.25) is 0 Å². The molecule has 0 aromatic rings. The van der Waals surface area contributed by atoms with Gasteiger partial charge in [0.2, 0.25) is 0 Å². The van der Waals surface area contributed by atoms with Crippen LogP contribution in [0.4, 0.5) is 0 Å². The molecule has 1 unspecified atom stereocenters. The second-order valence-electron chi connectivity index (χ2n) is 2.03. The molecule has 1 atom stereocenters. The molecule has 0 amide bonds. The molecular formula is C6H10O3. The number of ether oxygens (including phenoxy) is 2. The molecule has 3 nitrogen and oxygen atoms in total. The van der Waals surface area contributed by atoms with E-state index in [0.29, 0.717) is 13.2 Å². The van der Waals surface area contributed by atoms with Crippen molar-refractivity contribution in [2.45, 2.75) is 6.29 Å². The number of hydrogen-bond donors (Lipinski definition) is 1. The number of aliphatic hydroxyl groups is 1. The standard InChI is InChI=1S/C6H10O3/c1-5-2-8-4-6(7)9-3-5/h6-7H,1-4H2. The monoisotopic (exact) mass is 130 g/mol. The third kappa shape index (κ3) is 2.13. The Hall–Kier alpha value is -0.380. The molecule has 0 aromatic carbocycles. The summed E-state index contributed by atoms with van der Waals surface area (Å²) in [4.78, 5) is 0. The maximum atomic E-state index is 8.82. The summed E-state index contributed by atoms with van der Waals surface area (Å²) in [5.41, 5.74) is 0.867. The van der Waals surface area contributed by atoms with Crippen LogP contribution in [0, 0.1) is 0 Å². The summed E-state index contributed by atoms with van der Waals surface area (Å²) < 4.78 is 9.79.